The van der Waals surface area contributed by atoms with Gasteiger partial charge in [0.2, 0.25) is 5.91 Å². The van der Waals surface area contributed by atoms with Crippen molar-refractivity contribution in [2.24, 2.45) is 17.3 Å². The lowest BCUT2D eigenvalue weighted by atomic mass is 9.75. The minimum Gasteiger partial charge on any atom is -0.463 e. The summed E-state index contributed by atoms with van der Waals surface area (Å²) in [5.74, 6) is -1.47. The number of cyclic esters (lactones) is 1. The Labute approximate surface area is 277 Å². The van der Waals surface area contributed by atoms with Crippen LogP contribution in [0.3, 0.4) is 0 Å². The number of likely N-dealkylation sites (N-methyl/N-ethyl adjacent to an activating group) is 3. The lowest BCUT2D eigenvalue weighted by molar-refractivity contribution is -0.295. The van der Waals surface area contributed by atoms with E-state index in [-0.39, 0.29) is 48.4 Å². The molecule has 1 unspecified atom stereocenters. The summed E-state index contributed by atoms with van der Waals surface area (Å²) in [5.41, 5.74) is -2.39. The highest BCUT2D eigenvalue weighted by Crippen LogP contribution is 2.37. The molecule has 8 atom stereocenters. The van der Waals surface area contributed by atoms with Gasteiger partial charge in [-0.25, -0.2) is 0 Å². The van der Waals surface area contributed by atoms with Gasteiger partial charge in [0.25, 0.3) is 0 Å². The molecule has 3 fully saturated rings. The number of rotatable bonds is 8. The zero-order valence-corrected chi connectivity index (χ0v) is 30.4. The number of amides is 1. The minimum atomic E-state index is -1.46. The number of nitrogens with zero attached hydrogens (tertiary/aromatic N) is 4. The summed E-state index contributed by atoms with van der Waals surface area (Å²) in [4.78, 5) is 48.6. The molecule has 0 bridgehead atoms. The van der Waals surface area contributed by atoms with Crippen molar-refractivity contribution < 1.29 is 38.4 Å². The molecule has 46 heavy (non-hydrogen) atoms. The molecule has 3 rings (SSSR count). The van der Waals surface area contributed by atoms with Gasteiger partial charge in [-0.1, -0.05) is 6.92 Å². The van der Waals surface area contributed by atoms with Gasteiger partial charge < -0.3 is 33.9 Å². The molecule has 266 valence electrons. The summed E-state index contributed by atoms with van der Waals surface area (Å²) in [6.45, 7) is 15.3. The van der Waals surface area contributed by atoms with E-state index in [1.807, 2.05) is 56.7 Å². The predicted molar refractivity (Wildman–Crippen MR) is 175 cm³/mol. The predicted octanol–water partition coefficient (Wildman–Crippen LogP) is 1.87. The standard InChI is InChI=1S/C34H62N4O8/c1-21(2)37(11)19-27(39)38-17-24(18-38)26-20-44-32(42)33(5,6)29(41)23(4)30(34(7,43-12)14-13-15-36(26)10)46-31-28(40)25(35(8)9)16-22(3)45-31/h21-26,28,30-31,40H,13-20H2,1-12H3/t22-,23+,25?,26+,28-,30-,31+,34-/m1/s1. The van der Waals surface area contributed by atoms with Crippen LogP contribution < -0.4 is 0 Å². The van der Waals surface area contributed by atoms with Crippen molar-refractivity contribution in [3.05, 3.63) is 0 Å². The first-order chi connectivity index (χ1) is 21.3. The Hall–Kier alpha value is -1.67. The van der Waals surface area contributed by atoms with Crippen LogP contribution in [0, 0.1) is 17.3 Å². The second kappa shape index (κ2) is 15.7. The van der Waals surface area contributed by atoms with Crippen molar-refractivity contribution in [3.63, 3.8) is 0 Å². The van der Waals surface area contributed by atoms with Gasteiger partial charge in [0.15, 0.2) is 12.1 Å². The number of carbonyl (C=O) groups excluding carboxylic acids is 3. The van der Waals surface area contributed by atoms with E-state index in [4.69, 9.17) is 18.9 Å². The summed E-state index contributed by atoms with van der Waals surface area (Å²) >= 11 is 0. The fourth-order valence-electron chi connectivity index (χ4n) is 7.02. The van der Waals surface area contributed by atoms with Crippen LogP contribution in [0.15, 0.2) is 0 Å². The second-order valence-corrected chi connectivity index (χ2v) is 15.2. The highest BCUT2D eigenvalue weighted by Gasteiger charge is 2.51. The van der Waals surface area contributed by atoms with E-state index in [1.54, 1.807) is 27.9 Å². The maximum atomic E-state index is 14.1. The number of methoxy groups -OCH3 is 1. The highest BCUT2D eigenvalue weighted by molar-refractivity contribution is 6.04. The van der Waals surface area contributed by atoms with Crippen LogP contribution in [-0.2, 0) is 33.3 Å². The molecule has 0 aliphatic carbocycles. The van der Waals surface area contributed by atoms with Crippen LogP contribution in [0.2, 0.25) is 0 Å². The molecule has 3 aliphatic rings. The van der Waals surface area contributed by atoms with Crippen LogP contribution in [0.25, 0.3) is 0 Å². The van der Waals surface area contributed by atoms with E-state index in [2.05, 4.69) is 18.7 Å². The molecule has 0 aromatic heterocycles. The number of ether oxygens (including phenoxy) is 4. The van der Waals surface area contributed by atoms with E-state index in [1.165, 1.54) is 0 Å². The number of hydrogen-bond donors (Lipinski definition) is 1. The van der Waals surface area contributed by atoms with Crippen LogP contribution in [0.4, 0.5) is 0 Å². The van der Waals surface area contributed by atoms with E-state index in [0.29, 0.717) is 39.0 Å². The summed E-state index contributed by atoms with van der Waals surface area (Å²) in [7, 11) is 9.39. The Morgan fingerprint density at radius 3 is 2.33 bits per heavy atom. The third kappa shape index (κ3) is 8.67. The van der Waals surface area contributed by atoms with Gasteiger partial charge in [-0.2, -0.15) is 0 Å². The molecule has 0 aromatic carbocycles. The second-order valence-electron chi connectivity index (χ2n) is 15.2. The quantitative estimate of drug-likeness (QED) is 0.305. The topological polar surface area (TPSA) is 121 Å². The molecule has 1 amide bonds. The number of hydrogen-bond acceptors (Lipinski definition) is 11. The molecule has 12 nitrogen and oxygen atoms in total. The molecule has 0 aromatic rings. The molecule has 1 N–H and O–H groups in total. The van der Waals surface area contributed by atoms with Gasteiger partial charge in [0, 0.05) is 50.2 Å². The zero-order chi connectivity index (χ0) is 34.7. The molecule has 3 saturated heterocycles. The Morgan fingerprint density at radius 2 is 1.76 bits per heavy atom. The van der Waals surface area contributed by atoms with E-state index >= 15 is 0 Å². The van der Waals surface area contributed by atoms with Crippen LogP contribution >= 0.6 is 0 Å². The van der Waals surface area contributed by atoms with Crippen LogP contribution in [0.1, 0.15) is 67.7 Å². The van der Waals surface area contributed by atoms with Crippen LogP contribution in [-0.4, -0.2) is 159 Å². The molecular weight excluding hydrogens is 592 g/mol. The third-order valence-electron chi connectivity index (χ3n) is 10.8. The molecular formula is C34H62N4O8. The number of ketones is 1. The third-order valence-corrected chi connectivity index (χ3v) is 10.8. The summed E-state index contributed by atoms with van der Waals surface area (Å²) in [6, 6.07) is -0.0255. The van der Waals surface area contributed by atoms with Crippen LogP contribution in [0.5, 0.6) is 0 Å². The maximum absolute atomic E-state index is 14.1. The van der Waals surface area contributed by atoms with Crippen molar-refractivity contribution in [3.8, 4) is 0 Å². The van der Waals surface area contributed by atoms with Crippen molar-refractivity contribution in [2.45, 2.75) is 116 Å². The van der Waals surface area contributed by atoms with Gasteiger partial charge in [-0.05, 0) is 95.5 Å². The number of aliphatic hydroxyl groups is 1. The Balaban J connectivity index is 1.85. The lowest BCUT2D eigenvalue weighted by Crippen LogP contribution is -2.60. The summed E-state index contributed by atoms with van der Waals surface area (Å²) in [6.07, 6.45) is -0.984. The van der Waals surface area contributed by atoms with Gasteiger partial charge in [0.1, 0.15) is 18.1 Å². The minimum absolute atomic E-state index is 0.0951. The Kier molecular flexibility index (Phi) is 13.2. The average molecular weight is 655 g/mol. The van der Waals surface area contributed by atoms with Gasteiger partial charge in [-0.15, -0.1) is 0 Å². The highest BCUT2D eigenvalue weighted by atomic mass is 16.7. The van der Waals surface area contributed by atoms with Crippen molar-refractivity contribution >= 4 is 17.7 Å². The first kappa shape index (κ1) is 38.8. The normalized spacial score (nSPS) is 35.8. The smallest absolute Gasteiger partial charge is 0.319 e. The average Bonchev–Trinajstić information content (AvgIpc) is 2.96. The first-order valence-corrected chi connectivity index (χ1v) is 16.9. The van der Waals surface area contributed by atoms with Crippen molar-refractivity contribution in [1.29, 1.82) is 0 Å². The van der Waals surface area contributed by atoms with Gasteiger partial charge >= 0.3 is 5.97 Å². The number of aliphatic hydroxyl groups excluding tert-OH is 1. The fraction of sp³-hybridized carbons (Fsp3) is 0.912. The monoisotopic (exact) mass is 654 g/mol. The molecule has 3 aliphatic heterocycles. The number of carbonyl (C=O) groups is 3. The van der Waals surface area contributed by atoms with E-state index in [0.717, 1.165) is 6.42 Å². The SMILES string of the molecule is CO[C@]1(C)CCCN(C)[C@H](C2CN(C(=O)CN(C)C(C)C)C2)COC(=O)C(C)(C)C(=O)[C@H](C)[C@H]1O[C@@H]1O[C@H](C)CC(N(C)C)[C@H]1O. The molecule has 12 heteroatoms. The molecule has 0 saturated carbocycles. The lowest BCUT2D eigenvalue weighted by Gasteiger charge is -2.47. The molecule has 0 spiro atoms. The maximum Gasteiger partial charge on any atom is 0.319 e. The number of likely N-dealkylation sites (tertiary alicyclic amines) is 1. The Morgan fingerprint density at radius 1 is 1.13 bits per heavy atom. The van der Waals surface area contributed by atoms with E-state index < -0.39 is 41.4 Å². The van der Waals surface area contributed by atoms with Crippen molar-refractivity contribution in [2.75, 3.05) is 68.1 Å². The zero-order valence-electron chi connectivity index (χ0n) is 30.4. The molecule has 0 radical (unpaired) electrons. The molecule has 3 heterocycles. The Bertz CT molecular complexity index is 1050. The summed E-state index contributed by atoms with van der Waals surface area (Å²) < 4.78 is 24.7. The number of Topliss-reactive ketones (excluding diaryl/α,β-unsaturated/α-hetero) is 1. The van der Waals surface area contributed by atoms with E-state index in [9.17, 15) is 19.5 Å². The first-order valence-electron chi connectivity index (χ1n) is 16.9. The van der Waals surface area contributed by atoms with Crippen molar-refractivity contribution in [1.82, 2.24) is 19.6 Å². The fourth-order valence-corrected chi connectivity index (χ4v) is 7.02. The summed E-state index contributed by atoms with van der Waals surface area (Å²) in [5, 5.41) is 11.3. The van der Waals surface area contributed by atoms with Gasteiger partial charge in [-0.3, -0.25) is 24.2 Å². The number of esters is 1. The largest absolute Gasteiger partial charge is 0.463 e. The van der Waals surface area contributed by atoms with Gasteiger partial charge in [0.05, 0.1) is 24.4 Å².